The lowest BCUT2D eigenvalue weighted by Crippen LogP contribution is -1.82. The molecular formula is C9H6N4OS2. The molecule has 0 saturated carbocycles. The Kier molecular flexibility index (Phi) is 2.26. The summed E-state index contributed by atoms with van der Waals surface area (Å²) < 4.78 is 10.2. The first-order valence-corrected chi connectivity index (χ1v) is 6.01. The van der Waals surface area contributed by atoms with Crippen molar-refractivity contribution < 1.29 is 4.42 Å². The normalized spacial score (nSPS) is 11.0. The Labute approximate surface area is 98.9 Å². The highest BCUT2D eigenvalue weighted by molar-refractivity contribution is 8.00. The number of oxazole rings is 1. The predicted molar refractivity (Wildman–Crippen MR) is 62.5 cm³/mol. The fourth-order valence-corrected chi connectivity index (χ4v) is 2.55. The van der Waals surface area contributed by atoms with Gasteiger partial charge in [-0.15, -0.1) is 0 Å². The van der Waals surface area contributed by atoms with Gasteiger partial charge in [0.05, 0.1) is 0 Å². The van der Waals surface area contributed by atoms with Gasteiger partial charge in [0.1, 0.15) is 11.8 Å². The molecule has 0 saturated heterocycles. The number of benzene rings is 1. The first kappa shape index (κ1) is 9.61. The van der Waals surface area contributed by atoms with Gasteiger partial charge in [0.25, 0.3) is 5.22 Å². The fraction of sp³-hybridized carbons (Fsp3) is 0. The van der Waals surface area contributed by atoms with Gasteiger partial charge in [0.2, 0.25) is 0 Å². The summed E-state index contributed by atoms with van der Waals surface area (Å²) >= 11 is 2.66. The van der Waals surface area contributed by atoms with E-state index in [1.807, 2.05) is 6.07 Å². The van der Waals surface area contributed by atoms with E-state index in [0.717, 1.165) is 15.4 Å². The van der Waals surface area contributed by atoms with Crippen LogP contribution < -0.4 is 5.73 Å². The molecule has 2 heterocycles. The SMILES string of the molecule is Nc1ccc2oc(Sc3ncns3)nc2c1. The van der Waals surface area contributed by atoms with Crippen molar-refractivity contribution in [1.29, 1.82) is 0 Å². The second-order valence-corrected chi connectivity index (χ2v) is 4.99. The second-order valence-electron chi connectivity index (χ2n) is 3.02. The lowest BCUT2D eigenvalue weighted by molar-refractivity contribution is 0.489. The number of nitrogen functional groups attached to an aromatic ring is 1. The summed E-state index contributed by atoms with van der Waals surface area (Å²) in [5.74, 6) is 0. The van der Waals surface area contributed by atoms with E-state index in [-0.39, 0.29) is 0 Å². The van der Waals surface area contributed by atoms with Crippen molar-refractivity contribution in [3.8, 4) is 0 Å². The lowest BCUT2D eigenvalue weighted by Gasteiger charge is -1.88. The molecule has 2 N–H and O–H groups in total. The molecule has 7 heteroatoms. The summed E-state index contributed by atoms with van der Waals surface area (Å²) in [5, 5.41) is 0.553. The first-order valence-electron chi connectivity index (χ1n) is 4.42. The molecular weight excluding hydrogens is 244 g/mol. The average Bonchev–Trinajstić information content (AvgIpc) is 2.86. The van der Waals surface area contributed by atoms with E-state index in [1.54, 1.807) is 12.1 Å². The molecule has 0 aliphatic carbocycles. The standard InChI is InChI=1S/C9H6N4OS2/c10-5-1-2-7-6(3-5)13-8(14-7)15-9-11-4-12-16-9/h1-4H,10H2. The Morgan fingerprint density at radius 3 is 3.12 bits per heavy atom. The van der Waals surface area contributed by atoms with Crippen LogP contribution in [0.4, 0.5) is 5.69 Å². The molecule has 0 radical (unpaired) electrons. The van der Waals surface area contributed by atoms with Crippen LogP contribution in [-0.2, 0) is 0 Å². The van der Waals surface area contributed by atoms with Gasteiger partial charge in [-0.1, -0.05) is 0 Å². The van der Waals surface area contributed by atoms with Gasteiger partial charge in [-0.3, -0.25) is 0 Å². The number of anilines is 1. The fourth-order valence-electron chi connectivity index (χ4n) is 1.25. The maximum absolute atomic E-state index is 5.66. The minimum Gasteiger partial charge on any atom is -0.431 e. The summed E-state index contributed by atoms with van der Waals surface area (Å²) in [4.78, 5) is 8.35. The predicted octanol–water partition coefficient (Wildman–Crippen LogP) is 2.41. The number of fused-ring (bicyclic) bond motifs is 1. The van der Waals surface area contributed by atoms with E-state index in [4.69, 9.17) is 10.2 Å². The van der Waals surface area contributed by atoms with Crippen LogP contribution in [0.3, 0.4) is 0 Å². The molecule has 0 bridgehead atoms. The van der Waals surface area contributed by atoms with Crippen LogP contribution in [0.25, 0.3) is 11.1 Å². The maximum atomic E-state index is 5.66. The number of aromatic nitrogens is 3. The van der Waals surface area contributed by atoms with Crippen molar-refractivity contribution in [2.75, 3.05) is 5.73 Å². The van der Waals surface area contributed by atoms with Gasteiger partial charge in [-0.2, -0.15) is 4.37 Å². The van der Waals surface area contributed by atoms with Gasteiger partial charge < -0.3 is 10.2 Å². The lowest BCUT2D eigenvalue weighted by atomic mass is 10.3. The van der Waals surface area contributed by atoms with Crippen LogP contribution in [0.15, 0.2) is 38.5 Å². The van der Waals surface area contributed by atoms with Crippen molar-refractivity contribution in [3.05, 3.63) is 24.5 Å². The summed E-state index contributed by atoms with van der Waals surface area (Å²) in [7, 11) is 0. The van der Waals surface area contributed by atoms with E-state index < -0.39 is 0 Å². The first-order chi connectivity index (χ1) is 7.81. The summed E-state index contributed by atoms with van der Waals surface area (Å²) in [6.07, 6.45) is 1.51. The summed E-state index contributed by atoms with van der Waals surface area (Å²) in [6.45, 7) is 0. The molecule has 3 rings (SSSR count). The Hall–Kier alpha value is -1.60. The highest BCUT2D eigenvalue weighted by atomic mass is 32.2. The molecule has 0 aliphatic heterocycles. The molecule has 5 nitrogen and oxygen atoms in total. The molecule has 16 heavy (non-hydrogen) atoms. The summed E-state index contributed by atoms with van der Waals surface area (Å²) in [6, 6.07) is 5.37. The Morgan fingerprint density at radius 1 is 1.38 bits per heavy atom. The highest BCUT2D eigenvalue weighted by Gasteiger charge is 2.09. The van der Waals surface area contributed by atoms with Gasteiger partial charge in [-0.25, -0.2) is 9.97 Å². The monoisotopic (exact) mass is 250 g/mol. The molecule has 0 amide bonds. The van der Waals surface area contributed by atoms with Crippen molar-refractivity contribution in [2.24, 2.45) is 0 Å². The highest BCUT2D eigenvalue weighted by Crippen LogP contribution is 2.30. The topological polar surface area (TPSA) is 77.8 Å². The molecule has 2 aromatic heterocycles. The van der Waals surface area contributed by atoms with Crippen LogP contribution >= 0.6 is 23.3 Å². The van der Waals surface area contributed by atoms with Crippen molar-refractivity contribution in [1.82, 2.24) is 14.3 Å². The van der Waals surface area contributed by atoms with E-state index in [1.165, 1.54) is 29.6 Å². The minimum atomic E-state index is 0.553. The zero-order chi connectivity index (χ0) is 11.0. The van der Waals surface area contributed by atoms with E-state index in [2.05, 4.69) is 14.3 Å². The molecule has 0 spiro atoms. The largest absolute Gasteiger partial charge is 0.431 e. The number of nitrogens with two attached hydrogens (primary N) is 1. The van der Waals surface area contributed by atoms with E-state index >= 15 is 0 Å². The Morgan fingerprint density at radius 2 is 2.31 bits per heavy atom. The third-order valence-corrected chi connectivity index (χ3v) is 3.47. The number of rotatable bonds is 2. The molecule has 0 atom stereocenters. The van der Waals surface area contributed by atoms with Crippen LogP contribution in [0, 0.1) is 0 Å². The molecule has 0 unspecified atom stereocenters. The number of nitrogens with zero attached hydrogens (tertiary/aromatic N) is 3. The van der Waals surface area contributed by atoms with Crippen molar-refractivity contribution in [3.63, 3.8) is 0 Å². The third kappa shape index (κ3) is 1.74. The van der Waals surface area contributed by atoms with Crippen LogP contribution in [0.5, 0.6) is 0 Å². The van der Waals surface area contributed by atoms with Gasteiger partial charge in [0.15, 0.2) is 9.92 Å². The van der Waals surface area contributed by atoms with Crippen molar-refractivity contribution in [2.45, 2.75) is 9.56 Å². The molecule has 80 valence electrons. The maximum Gasteiger partial charge on any atom is 0.264 e. The summed E-state index contributed by atoms with van der Waals surface area (Å²) in [5.41, 5.74) is 7.81. The van der Waals surface area contributed by atoms with Gasteiger partial charge in [0, 0.05) is 17.4 Å². The molecule has 0 aliphatic rings. The van der Waals surface area contributed by atoms with Crippen molar-refractivity contribution >= 4 is 40.1 Å². The number of hydrogen-bond donors (Lipinski definition) is 1. The minimum absolute atomic E-state index is 0.553. The Balaban J connectivity index is 1.99. The average molecular weight is 250 g/mol. The third-order valence-electron chi connectivity index (χ3n) is 1.91. The van der Waals surface area contributed by atoms with Gasteiger partial charge in [-0.05, 0) is 29.7 Å². The van der Waals surface area contributed by atoms with E-state index in [9.17, 15) is 0 Å². The number of hydrogen-bond acceptors (Lipinski definition) is 7. The smallest absolute Gasteiger partial charge is 0.264 e. The zero-order valence-corrected chi connectivity index (χ0v) is 9.59. The van der Waals surface area contributed by atoms with Crippen LogP contribution in [0.2, 0.25) is 0 Å². The van der Waals surface area contributed by atoms with E-state index in [0.29, 0.717) is 10.9 Å². The quantitative estimate of drug-likeness (QED) is 0.704. The Bertz CT molecular complexity index is 620. The molecule has 0 fully saturated rings. The van der Waals surface area contributed by atoms with Crippen LogP contribution in [-0.4, -0.2) is 14.3 Å². The molecule has 3 aromatic rings. The zero-order valence-electron chi connectivity index (χ0n) is 7.95. The van der Waals surface area contributed by atoms with Crippen LogP contribution in [0.1, 0.15) is 0 Å². The van der Waals surface area contributed by atoms with Gasteiger partial charge >= 0.3 is 0 Å². The molecule has 1 aromatic carbocycles. The second kappa shape index (κ2) is 3.76.